The quantitative estimate of drug-likeness (QED) is 0.0592. The van der Waals surface area contributed by atoms with Crippen molar-refractivity contribution < 1.29 is 38.6 Å². The highest BCUT2D eigenvalue weighted by Gasteiger charge is 2.32. The van der Waals surface area contributed by atoms with Crippen molar-refractivity contribution in [2.24, 2.45) is 13.0 Å². The Morgan fingerprint density at radius 1 is 0.866 bits per heavy atom. The highest BCUT2D eigenvalue weighted by atomic mass is 35.5. The van der Waals surface area contributed by atoms with Crippen LogP contribution in [0, 0.1) is 5.92 Å². The Kier molecular flexibility index (Phi) is 22.6. The number of imidazole rings is 1. The number of nitrogens with zero attached hydrogens (tertiary/aromatic N) is 5. The zero-order chi connectivity index (χ0) is 48.7. The maximum absolute atomic E-state index is 14.3. The van der Waals surface area contributed by atoms with E-state index < -0.39 is 47.9 Å². The summed E-state index contributed by atoms with van der Waals surface area (Å²) < 4.78 is 14.0. The molecule has 0 unspecified atom stereocenters. The van der Waals surface area contributed by atoms with Crippen molar-refractivity contribution in [1.82, 2.24) is 40.2 Å². The van der Waals surface area contributed by atoms with Crippen LogP contribution in [0.3, 0.4) is 0 Å². The molecule has 0 saturated carbocycles. The van der Waals surface area contributed by atoms with Gasteiger partial charge in [0.15, 0.2) is 0 Å². The first kappa shape index (κ1) is 56.1. The predicted octanol–water partition coefficient (Wildman–Crippen LogP) is 6.20. The second kappa shape index (κ2) is 26.9. The summed E-state index contributed by atoms with van der Waals surface area (Å²) in [7, 11) is 9.14. The Balaban J connectivity index is 0.0000119. The van der Waals surface area contributed by atoms with Crippen molar-refractivity contribution in [2.45, 2.75) is 84.2 Å². The number of aliphatic carboxylic acids is 1. The molecule has 19 heteroatoms. The van der Waals surface area contributed by atoms with Gasteiger partial charge in [-0.15, -0.1) is 12.4 Å². The number of aromatic nitrogens is 2. The number of carbonyl (C=O) groups excluding carboxylic acids is 4. The highest BCUT2D eigenvalue weighted by molar-refractivity contribution is 6.31. The third kappa shape index (κ3) is 17.1. The van der Waals surface area contributed by atoms with Crippen LogP contribution < -0.4 is 20.7 Å². The van der Waals surface area contributed by atoms with Crippen LogP contribution in [0.2, 0.25) is 10.0 Å². The van der Waals surface area contributed by atoms with Crippen molar-refractivity contribution in [2.75, 3.05) is 47.9 Å². The molecule has 0 aliphatic carbocycles. The van der Waals surface area contributed by atoms with E-state index in [1.807, 2.05) is 69.8 Å². The van der Waals surface area contributed by atoms with Crippen LogP contribution in [0.4, 0.5) is 0 Å². The fourth-order valence-electron chi connectivity index (χ4n) is 7.06. The minimum absolute atomic E-state index is 0. The summed E-state index contributed by atoms with van der Waals surface area (Å²) in [4.78, 5) is 74.9. The Morgan fingerprint density at radius 3 is 2.15 bits per heavy atom. The van der Waals surface area contributed by atoms with E-state index in [0.717, 1.165) is 28.2 Å². The number of likely N-dealkylation sites (N-methyl/N-ethyl adjacent to an activating group) is 2. The molecular formula is C48H65Cl3N8O8. The molecule has 1 heterocycles. The van der Waals surface area contributed by atoms with E-state index in [2.05, 4.69) is 30.4 Å². The lowest BCUT2D eigenvalue weighted by Crippen LogP contribution is -2.56. The number of nitrogens with one attached hydrogen (secondary N) is 3. The smallest absolute Gasteiger partial charge is 0.304 e. The second-order valence-electron chi connectivity index (χ2n) is 16.8. The Bertz CT molecular complexity index is 2260. The van der Waals surface area contributed by atoms with Crippen molar-refractivity contribution in [3.8, 4) is 22.8 Å². The summed E-state index contributed by atoms with van der Waals surface area (Å²) in [6, 6.07) is 17.1. The molecule has 3 aromatic carbocycles. The van der Waals surface area contributed by atoms with Gasteiger partial charge in [-0.05, 0) is 95.4 Å². The number of benzene rings is 3. The maximum Gasteiger partial charge on any atom is 0.304 e. The van der Waals surface area contributed by atoms with Crippen LogP contribution in [-0.2, 0) is 55.3 Å². The number of carboxylic acids is 1. The Morgan fingerprint density at radius 2 is 1.52 bits per heavy atom. The van der Waals surface area contributed by atoms with E-state index >= 15 is 0 Å². The topological polar surface area (TPSA) is 188 Å². The third-order valence-electron chi connectivity index (χ3n) is 11.3. The van der Waals surface area contributed by atoms with E-state index in [-0.39, 0.29) is 56.8 Å². The van der Waals surface area contributed by atoms with Gasteiger partial charge in [-0.2, -0.15) is 0 Å². The standard InChI is InChI=1S/C48H64Cl2N8O8.ClH/c1-10-65-29-40(48(64)57(8)38(22-33-11-16-36(49)17-12-33)24-44(59)53-25-31(3)56(7)47(63)30(2)21-45(60)61)54-46(62)32(4)51-26-35-13-18-37(50)23-42(35)66-39-19-14-34(15-20-39)41-27-52-43(58(41)9)28-55(5)6;/h11-20,23,27,30-32,38,40,51H,10,21-22,24-26,28-29H2,1-9H3,(H,53,59)(H,54,62)(H,60,61);1H/t30-,31+,32+,38+,40+;/m1./s1. The maximum atomic E-state index is 14.3. The molecule has 1 aromatic heterocycles. The minimum Gasteiger partial charge on any atom is -0.481 e. The molecule has 4 amide bonds. The molecular weight excluding hydrogens is 923 g/mol. The number of amides is 4. The molecule has 0 aliphatic rings. The van der Waals surface area contributed by atoms with Crippen molar-refractivity contribution in [3.05, 3.63) is 99.9 Å². The minimum atomic E-state index is -1.08. The molecule has 0 bridgehead atoms. The van der Waals surface area contributed by atoms with Crippen LogP contribution in [0.5, 0.6) is 11.5 Å². The summed E-state index contributed by atoms with van der Waals surface area (Å²) in [6.45, 7) is 7.99. The fraction of sp³-hybridized carbons (Fsp3) is 0.458. The number of carboxylic acid groups (broad SMARTS) is 1. The Labute approximate surface area is 410 Å². The lowest BCUT2D eigenvalue weighted by atomic mass is 10.0. The van der Waals surface area contributed by atoms with E-state index in [1.54, 1.807) is 66.1 Å². The summed E-state index contributed by atoms with van der Waals surface area (Å²) in [5.74, 6) is -1.39. The average Bonchev–Trinajstić information content (AvgIpc) is 3.63. The lowest BCUT2D eigenvalue weighted by Gasteiger charge is -2.32. The monoisotopic (exact) mass is 986 g/mol. The second-order valence-corrected chi connectivity index (χ2v) is 17.7. The highest BCUT2D eigenvalue weighted by Crippen LogP contribution is 2.31. The first-order chi connectivity index (χ1) is 31.3. The number of halogens is 3. The molecule has 16 nitrogen and oxygen atoms in total. The Hall–Kier alpha value is -5.23. The summed E-state index contributed by atoms with van der Waals surface area (Å²) >= 11 is 12.6. The molecule has 0 spiro atoms. The molecule has 0 aliphatic heterocycles. The molecule has 4 rings (SSSR count). The van der Waals surface area contributed by atoms with Gasteiger partial charge in [-0.3, -0.25) is 24.0 Å². The van der Waals surface area contributed by atoms with Gasteiger partial charge in [-0.1, -0.05) is 48.3 Å². The van der Waals surface area contributed by atoms with Gasteiger partial charge in [0.1, 0.15) is 23.4 Å². The predicted molar refractivity (Wildman–Crippen MR) is 263 cm³/mol. The zero-order valence-corrected chi connectivity index (χ0v) is 42.0. The van der Waals surface area contributed by atoms with Gasteiger partial charge in [0.2, 0.25) is 23.6 Å². The van der Waals surface area contributed by atoms with Crippen LogP contribution in [0.1, 0.15) is 57.5 Å². The first-order valence-corrected chi connectivity index (χ1v) is 22.6. The molecule has 4 aromatic rings. The molecule has 366 valence electrons. The van der Waals surface area contributed by atoms with Gasteiger partial charge < -0.3 is 49.8 Å². The van der Waals surface area contributed by atoms with Crippen molar-refractivity contribution in [3.63, 3.8) is 0 Å². The summed E-state index contributed by atoms with van der Waals surface area (Å²) in [5.41, 5.74) is 3.53. The molecule has 0 saturated heterocycles. The lowest BCUT2D eigenvalue weighted by molar-refractivity contribution is -0.144. The zero-order valence-electron chi connectivity index (χ0n) is 39.7. The molecule has 67 heavy (non-hydrogen) atoms. The number of rotatable bonds is 25. The van der Waals surface area contributed by atoms with Gasteiger partial charge in [0.05, 0.1) is 37.5 Å². The normalized spacial score (nSPS) is 13.4. The number of hydrogen-bond acceptors (Lipinski definition) is 10. The van der Waals surface area contributed by atoms with Gasteiger partial charge in [-0.25, -0.2) is 4.98 Å². The molecule has 5 atom stereocenters. The van der Waals surface area contributed by atoms with Crippen molar-refractivity contribution >= 4 is 65.2 Å². The van der Waals surface area contributed by atoms with E-state index in [0.29, 0.717) is 41.1 Å². The third-order valence-corrected chi connectivity index (χ3v) is 11.7. The number of carbonyl (C=O) groups is 5. The molecule has 0 radical (unpaired) electrons. The van der Waals surface area contributed by atoms with Gasteiger partial charge in [0, 0.05) is 86.4 Å². The SMILES string of the molecule is CCOC[C@H](NC(=O)[C@H](C)NCc1ccc(Cl)cc1Oc1ccc(-c2cnc(CN(C)C)n2C)cc1)C(=O)N(C)[C@H](CC(=O)NC[C@H](C)N(C)C(=O)[C@H](C)CC(=O)O)Cc1ccc(Cl)cc1.Cl. The van der Waals surface area contributed by atoms with Gasteiger partial charge in [0.25, 0.3) is 0 Å². The van der Waals surface area contributed by atoms with Crippen LogP contribution in [0.25, 0.3) is 11.3 Å². The fourth-order valence-corrected chi connectivity index (χ4v) is 7.35. The van der Waals surface area contributed by atoms with Crippen LogP contribution in [-0.4, -0.2) is 131 Å². The molecule has 4 N–H and O–H groups in total. The summed E-state index contributed by atoms with van der Waals surface area (Å²) in [6.07, 6.45) is 1.74. The van der Waals surface area contributed by atoms with Gasteiger partial charge >= 0.3 is 5.97 Å². The van der Waals surface area contributed by atoms with E-state index in [9.17, 15) is 24.0 Å². The average molecular weight is 988 g/mol. The number of ether oxygens (including phenoxy) is 2. The van der Waals surface area contributed by atoms with Crippen LogP contribution in [0.15, 0.2) is 72.9 Å². The molecule has 0 fully saturated rings. The van der Waals surface area contributed by atoms with Crippen LogP contribution >= 0.6 is 35.6 Å². The van der Waals surface area contributed by atoms with E-state index in [4.69, 9.17) is 37.8 Å². The summed E-state index contributed by atoms with van der Waals surface area (Å²) in [5, 5.41) is 19.1. The largest absolute Gasteiger partial charge is 0.481 e. The van der Waals surface area contributed by atoms with E-state index in [1.165, 1.54) is 9.80 Å². The van der Waals surface area contributed by atoms with Crippen molar-refractivity contribution in [1.29, 1.82) is 0 Å². The first-order valence-electron chi connectivity index (χ1n) is 21.9. The number of hydrogen-bond donors (Lipinski definition) is 4.